The molecule has 2 aromatic carbocycles. The Hall–Kier alpha value is -2.22. The molecule has 2 aromatic rings. The van der Waals surface area contributed by atoms with Crippen LogP contribution < -0.4 is 0 Å². The summed E-state index contributed by atoms with van der Waals surface area (Å²) in [7, 11) is 0. The SMILES string of the molecule is CCCCC(=Nc1ccccc1)C(CC)=Nc1ccccc1. The van der Waals surface area contributed by atoms with Gasteiger partial charge in [0.25, 0.3) is 0 Å². The molecule has 114 valence electrons. The van der Waals surface area contributed by atoms with Crippen LogP contribution in [-0.4, -0.2) is 11.4 Å². The van der Waals surface area contributed by atoms with Crippen molar-refractivity contribution in [2.24, 2.45) is 9.98 Å². The zero-order chi connectivity index (χ0) is 15.6. The van der Waals surface area contributed by atoms with Gasteiger partial charge in [0.15, 0.2) is 0 Å². The van der Waals surface area contributed by atoms with Gasteiger partial charge in [0.05, 0.1) is 22.8 Å². The highest BCUT2D eigenvalue weighted by molar-refractivity contribution is 6.43. The first-order chi connectivity index (χ1) is 10.8. The average molecular weight is 292 g/mol. The maximum Gasteiger partial charge on any atom is 0.0633 e. The summed E-state index contributed by atoms with van der Waals surface area (Å²) in [6.07, 6.45) is 4.17. The van der Waals surface area contributed by atoms with Gasteiger partial charge in [-0.05, 0) is 43.5 Å². The predicted molar refractivity (Wildman–Crippen MR) is 96.9 cm³/mol. The molecule has 22 heavy (non-hydrogen) atoms. The van der Waals surface area contributed by atoms with Crippen LogP contribution in [0.3, 0.4) is 0 Å². The van der Waals surface area contributed by atoms with Crippen LogP contribution in [-0.2, 0) is 0 Å². The van der Waals surface area contributed by atoms with Gasteiger partial charge in [0, 0.05) is 0 Å². The van der Waals surface area contributed by atoms with E-state index >= 15 is 0 Å². The van der Waals surface area contributed by atoms with Crippen molar-refractivity contribution in [3.8, 4) is 0 Å². The van der Waals surface area contributed by atoms with Crippen LogP contribution in [0, 0.1) is 0 Å². The van der Waals surface area contributed by atoms with Crippen molar-refractivity contribution in [3.05, 3.63) is 60.7 Å². The quantitative estimate of drug-likeness (QED) is 0.548. The Morgan fingerprint density at radius 3 is 1.68 bits per heavy atom. The number of para-hydroxylation sites is 2. The number of hydrogen-bond donors (Lipinski definition) is 0. The van der Waals surface area contributed by atoms with Gasteiger partial charge in [0.2, 0.25) is 0 Å². The molecule has 0 aliphatic carbocycles. The van der Waals surface area contributed by atoms with E-state index in [1.807, 2.05) is 60.7 Å². The number of benzene rings is 2. The molecule has 2 rings (SSSR count). The maximum absolute atomic E-state index is 4.85. The lowest BCUT2D eigenvalue weighted by atomic mass is 10.1. The first-order valence-corrected chi connectivity index (χ1v) is 8.09. The number of aliphatic imine (C=N–C) groups is 2. The van der Waals surface area contributed by atoms with E-state index in [0.717, 1.165) is 48.5 Å². The molecule has 0 saturated heterocycles. The summed E-state index contributed by atoms with van der Waals surface area (Å²) in [5.74, 6) is 0. The molecule has 0 saturated carbocycles. The summed E-state index contributed by atoms with van der Waals surface area (Å²) in [6.45, 7) is 4.36. The van der Waals surface area contributed by atoms with Gasteiger partial charge in [-0.3, -0.25) is 9.98 Å². The number of rotatable bonds is 7. The van der Waals surface area contributed by atoms with Gasteiger partial charge >= 0.3 is 0 Å². The predicted octanol–water partition coefficient (Wildman–Crippen LogP) is 6.13. The summed E-state index contributed by atoms with van der Waals surface area (Å²) >= 11 is 0. The third-order valence-corrected chi connectivity index (χ3v) is 3.48. The fourth-order valence-electron chi connectivity index (χ4n) is 2.27. The normalized spacial score (nSPS) is 12.5. The third-order valence-electron chi connectivity index (χ3n) is 3.48. The van der Waals surface area contributed by atoms with Crippen LogP contribution in [0.5, 0.6) is 0 Å². The molecular formula is C20H24N2. The highest BCUT2D eigenvalue weighted by Gasteiger charge is 2.08. The van der Waals surface area contributed by atoms with Gasteiger partial charge < -0.3 is 0 Å². The first-order valence-electron chi connectivity index (χ1n) is 8.09. The molecule has 0 aliphatic rings. The smallest absolute Gasteiger partial charge is 0.0633 e. The van der Waals surface area contributed by atoms with Crippen molar-refractivity contribution >= 4 is 22.8 Å². The molecule has 0 unspecified atom stereocenters. The topological polar surface area (TPSA) is 24.7 Å². The van der Waals surface area contributed by atoms with Crippen LogP contribution in [0.4, 0.5) is 11.4 Å². The lowest BCUT2D eigenvalue weighted by molar-refractivity contribution is 0.837. The molecule has 2 nitrogen and oxygen atoms in total. The lowest BCUT2D eigenvalue weighted by Crippen LogP contribution is -2.13. The van der Waals surface area contributed by atoms with Gasteiger partial charge in [-0.15, -0.1) is 0 Å². The molecule has 0 aromatic heterocycles. The Kier molecular flexibility index (Phi) is 6.56. The largest absolute Gasteiger partial charge is 0.252 e. The molecule has 0 fully saturated rings. The van der Waals surface area contributed by atoms with Crippen LogP contribution >= 0.6 is 0 Å². The minimum absolute atomic E-state index is 0.893. The highest BCUT2D eigenvalue weighted by atomic mass is 14.8. The fraction of sp³-hybridized carbons (Fsp3) is 0.300. The number of nitrogens with zero attached hydrogens (tertiary/aromatic N) is 2. The Labute approximate surface area is 133 Å². The minimum atomic E-state index is 0.893. The minimum Gasteiger partial charge on any atom is -0.252 e. The summed E-state index contributed by atoms with van der Waals surface area (Å²) in [4.78, 5) is 9.66. The van der Waals surface area contributed by atoms with Crippen LogP contribution in [0.15, 0.2) is 70.6 Å². The Bertz CT molecular complexity index is 613. The molecule has 0 atom stereocenters. The fourth-order valence-corrected chi connectivity index (χ4v) is 2.27. The van der Waals surface area contributed by atoms with Crippen LogP contribution in [0.2, 0.25) is 0 Å². The maximum atomic E-state index is 4.85. The molecule has 0 N–H and O–H groups in total. The average Bonchev–Trinajstić information content (AvgIpc) is 2.58. The van der Waals surface area contributed by atoms with Crippen LogP contribution in [0.25, 0.3) is 0 Å². The zero-order valence-electron chi connectivity index (χ0n) is 13.5. The van der Waals surface area contributed by atoms with E-state index in [4.69, 9.17) is 9.98 Å². The van der Waals surface area contributed by atoms with E-state index in [9.17, 15) is 0 Å². The second-order valence-corrected chi connectivity index (χ2v) is 5.25. The van der Waals surface area contributed by atoms with Gasteiger partial charge in [-0.2, -0.15) is 0 Å². The Balaban J connectivity index is 2.34. The summed E-state index contributed by atoms with van der Waals surface area (Å²) in [5, 5.41) is 0. The molecule has 0 aliphatic heterocycles. The van der Waals surface area contributed by atoms with Gasteiger partial charge in [-0.1, -0.05) is 56.7 Å². The second-order valence-electron chi connectivity index (χ2n) is 5.25. The first kappa shape index (κ1) is 16.2. The van der Waals surface area contributed by atoms with E-state index in [-0.39, 0.29) is 0 Å². The highest BCUT2D eigenvalue weighted by Crippen LogP contribution is 2.17. The number of unbranched alkanes of at least 4 members (excludes halogenated alkanes) is 1. The summed E-state index contributed by atoms with van der Waals surface area (Å²) < 4.78 is 0. The zero-order valence-corrected chi connectivity index (χ0v) is 13.5. The molecule has 0 heterocycles. The molecule has 0 bridgehead atoms. The summed E-state index contributed by atoms with van der Waals surface area (Å²) in [6, 6.07) is 20.3. The molecule has 2 heteroatoms. The van der Waals surface area contributed by atoms with E-state index in [1.165, 1.54) is 0 Å². The van der Waals surface area contributed by atoms with E-state index in [0.29, 0.717) is 0 Å². The standard InChI is InChI=1S/C20H24N2/c1-3-5-16-20(22-18-14-10-7-11-15-18)19(4-2)21-17-12-8-6-9-13-17/h6-15H,3-5,16H2,1-2H3. The van der Waals surface area contributed by atoms with Crippen molar-refractivity contribution in [3.63, 3.8) is 0 Å². The monoisotopic (exact) mass is 292 g/mol. The van der Waals surface area contributed by atoms with Crippen molar-refractivity contribution in [1.82, 2.24) is 0 Å². The second kappa shape index (κ2) is 8.93. The summed E-state index contributed by atoms with van der Waals surface area (Å²) in [5.41, 5.74) is 4.20. The van der Waals surface area contributed by atoms with Crippen molar-refractivity contribution < 1.29 is 0 Å². The van der Waals surface area contributed by atoms with Crippen LogP contribution in [0.1, 0.15) is 39.5 Å². The van der Waals surface area contributed by atoms with Crippen molar-refractivity contribution in [2.75, 3.05) is 0 Å². The molecule has 0 amide bonds. The van der Waals surface area contributed by atoms with E-state index < -0.39 is 0 Å². The third kappa shape index (κ3) is 4.96. The van der Waals surface area contributed by atoms with E-state index in [1.54, 1.807) is 0 Å². The lowest BCUT2D eigenvalue weighted by Gasteiger charge is -2.09. The Morgan fingerprint density at radius 1 is 0.727 bits per heavy atom. The Morgan fingerprint density at radius 2 is 1.23 bits per heavy atom. The molecule has 0 spiro atoms. The van der Waals surface area contributed by atoms with Gasteiger partial charge in [0.1, 0.15) is 0 Å². The van der Waals surface area contributed by atoms with E-state index in [2.05, 4.69) is 13.8 Å². The molecular weight excluding hydrogens is 268 g/mol. The van der Waals surface area contributed by atoms with Gasteiger partial charge in [-0.25, -0.2) is 0 Å². The van der Waals surface area contributed by atoms with Crippen molar-refractivity contribution in [2.45, 2.75) is 39.5 Å². The molecule has 0 radical (unpaired) electrons. The number of hydrogen-bond acceptors (Lipinski definition) is 2. The van der Waals surface area contributed by atoms with Crippen molar-refractivity contribution in [1.29, 1.82) is 0 Å².